The molecule has 6 heteroatoms. The number of hydrogen-bond donors (Lipinski definition) is 1. The molecular formula is C15H21NO4S. The number of rotatable bonds is 5. The quantitative estimate of drug-likeness (QED) is 0.833. The van der Waals surface area contributed by atoms with E-state index in [-0.39, 0.29) is 24.7 Å². The van der Waals surface area contributed by atoms with Crippen molar-refractivity contribution in [3.63, 3.8) is 0 Å². The number of aliphatic hydroxyl groups excluding tert-OH is 1. The van der Waals surface area contributed by atoms with Gasteiger partial charge in [0.25, 0.3) is 0 Å². The number of benzene rings is 1. The van der Waals surface area contributed by atoms with E-state index in [2.05, 4.69) is 0 Å². The fraction of sp³-hybridized carbons (Fsp3) is 0.533. The van der Waals surface area contributed by atoms with Crippen LogP contribution in [0.4, 0.5) is 0 Å². The van der Waals surface area contributed by atoms with E-state index in [1.54, 1.807) is 12.0 Å². The third-order valence-electron chi connectivity index (χ3n) is 3.45. The SMILES string of the molecule is COc1ccc(SCC(=O)N2CC(CO)OCC2C)cc1. The second kappa shape index (κ2) is 7.68. The number of amides is 1. The molecule has 1 amide bonds. The van der Waals surface area contributed by atoms with Gasteiger partial charge in [-0.1, -0.05) is 0 Å². The molecule has 0 spiro atoms. The number of aliphatic hydroxyl groups is 1. The van der Waals surface area contributed by atoms with Crippen LogP contribution in [-0.2, 0) is 9.53 Å². The highest BCUT2D eigenvalue weighted by Crippen LogP contribution is 2.22. The molecule has 0 aromatic heterocycles. The molecule has 1 aromatic rings. The average Bonchev–Trinajstić information content (AvgIpc) is 2.53. The fourth-order valence-corrected chi connectivity index (χ4v) is 2.96. The van der Waals surface area contributed by atoms with Crippen LogP contribution in [0.1, 0.15) is 6.92 Å². The van der Waals surface area contributed by atoms with Gasteiger partial charge in [-0.05, 0) is 31.2 Å². The predicted molar refractivity (Wildman–Crippen MR) is 81.7 cm³/mol. The summed E-state index contributed by atoms with van der Waals surface area (Å²) in [5.41, 5.74) is 0. The lowest BCUT2D eigenvalue weighted by atomic mass is 10.2. The lowest BCUT2D eigenvalue weighted by Crippen LogP contribution is -2.52. The van der Waals surface area contributed by atoms with Crippen LogP contribution in [0.3, 0.4) is 0 Å². The number of carbonyl (C=O) groups excluding carboxylic acids is 1. The fourth-order valence-electron chi connectivity index (χ4n) is 2.18. The molecule has 2 atom stereocenters. The second-order valence-corrected chi connectivity index (χ2v) is 6.05. The van der Waals surface area contributed by atoms with E-state index < -0.39 is 0 Å². The first-order chi connectivity index (χ1) is 10.1. The first-order valence-electron chi connectivity index (χ1n) is 6.92. The van der Waals surface area contributed by atoms with Gasteiger partial charge in [0, 0.05) is 11.4 Å². The number of ether oxygens (including phenoxy) is 2. The summed E-state index contributed by atoms with van der Waals surface area (Å²) in [5.74, 6) is 1.26. The molecule has 5 nitrogen and oxygen atoms in total. The Morgan fingerprint density at radius 1 is 1.48 bits per heavy atom. The van der Waals surface area contributed by atoms with Gasteiger partial charge in [0.1, 0.15) is 5.75 Å². The van der Waals surface area contributed by atoms with Gasteiger partial charge >= 0.3 is 0 Å². The van der Waals surface area contributed by atoms with Crippen LogP contribution in [0.5, 0.6) is 5.75 Å². The van der Waals surface area contributed by atoms with Crippen molar-refractivity contribution in [2.24, 2.45) is 0 Å². The Balaban J connectivity index is 1.87. The van der Waals surface area contributed by atoms with Crippen LogP contribution in [0.15, 0.2) is 29.2 Å². The van der Waals surface area contributed by atoms with Crippen LogP contribution in [0, 0.1) is 0 Å². The van der Waals surface area contributed by atoms with Crippen LogP contribution < -0.4 is 4.74 Å². The molecule has 0 aliphatic carbocycles. The van der Waals surface area contributed by atoms with Gasteiger partial charge in [-0.3, -0.25) is 4.79 Å². The molecule has 1 fully saturated rings. The molecular weight excluding hydrogens is 290 g/mol. The number of morpholine rings is 1. The van der Waals surface area contributed by atoms with Crippen molar-refractivity contribution < 1.29 is 19.4 Å². The van der Waals surface area contributed by atoms with E-state index >= 15 is 0 Å². The van der Waals surface area contributed by atoms with Gasteiger partial charge in [0.05, 0.1) is 38.2 Å². The summed E-state index contributed by atoms with van der Waals surface area (Å²) in [4.78, 5) is 15.1. The number of hydrogen-bond acceptors (Lipinski definition) is 5. The van der Waals surface area contributed by atoms with Crippen molar-refractivity contribution in [1.29, 1.82) is 0 Å². The van der Waals surface area contributed by atoms with Gasteiger partial charge < -0.3 is 19.5 Å². The summed E-state index contributed by atoms with van der Waals surface area (Å²) in [6.07, 6.45) is -0.267. The first kappa shape index (κ1) is 16.1. The largest absolute Gasteiger partial charge is 0.497 e. The molecule has 0 radical (unpaired) electrons. The summed E-state index contributed by atoms with van der Waals surface area (Å²) in [6, 6.07) is 7.70. The zero-order chi connectivity index (χ0) is 15.2. The molecule has 1 aliphatic heterocycles. The van der Waals surface area contributed by atoms with Crippen molar-refractivity contribution in [3.8, 4) is 5.75 Å². The average molecular weight is 311 g/mol. The summed E-state index contributed by atoms with van der Waals surface area (Å²) >= 11 is 1.50. The minimum absolute atomic E-state index is 0.0526. The predicted octanol–water partition coefficient (Wildman–Crippen LogP) is 1.40. The van der Waals surface area contributed by atoms with E-state index in [0.717, 1.165) is 10.6 Å². The Kier molecular flexibility index (Phi) is 5.90. The maximum atomic E-state index is 12.3. The molecule has 1 aromatic carbocycles. The molecule has 2 unspecified atom stereocenters. The minimum Gasteiger partial charge on any atom is -0.497 e. The normalized spacial score (nSPS) is 22.1. The van der Waals surface area contributed by atoms with Crippen LogP contribution >= 0.6 is 11.8 Å². The minimum atomic E-state index is -0.267. The highest BCUT2D eigenvalue weighted by atomic mass is 32.2. The standard InChI is InChI=1S/C15H21NO4S/c1-11-9-20-13(8-17)7-16(11)15(18)10-21-14-5-3-12(19-2)4-6-14/h3-6,11,13,17H,7-10H2,1-2H3. The van der Waals surface area contributed by atoms with Crippen LogP contribution in [-0.4, -0.2) is 60.7 Å². The molecule has 0 bridgehead atoms. The lowest BCUT2D eigenvalue weighted by molar-refractivity contribution is -0.143. The molecule has 21 heavy (non-hydrogen) atoms. The van der Waals surface area contributed by atoms with E-state index in [0.29, 0.717) is 18.9 Å². The summed E-state index contributed by atoms with van der Waals surface area (Å²) < 4.78 is 10.5. The summed E-state index contributed by atoms with van der Waals surface area (Å²) in [6.45, 7) is 2.84. The van der Waals surface area contributed by atoms with Crippen molar-refractivity contribution in [2.75, 3.05) is 32.6 Å². The van der Waals surface area contributed by atoms with Crippen molar-refractivity contribution >= 4 is 17.7 Å². The maximum Gasteiger partial charge on any atom is 0.233 e. The first-order valence-corrected chi connectivity index (χ1v) is 7.91. The van der Waals surface area contributed by atoms with Crippen molar-refractivity contribution in [3.05, 3.63) is 24.3 Å². The van der Waals surface area contributed by atoms with Gasteiger partial charge in [0.15, 0.2) is 0 Å². The van der Waals surface area contributed by atoms with E-state index in [9.17, 15) is 4.79 Å². The highest BCUT2D eigenvalue weighted by molar-refractivity contribution is 8.00. The van der Waals surface area contributed by atoms with Gasteiger partial charge in [-0.25, -0.2) is 0 Å². The summed E-state index contributed by atoms with van der Waals surface area (Å²) in [7, 11) is 1.63. The molecule has 116 valence electrons. The monoisotopic (exact) mass is 311 g/mol. The van der Waals surface area contributed by atoms with E-state index in [1.807, 2.05) is 31.2 Å². The molecule has 1 heterocycles. The Morgan fingerprint density at radius 3 is 2.81 bits per heavy atom. The van der Waals surface area contributed by atoms with E-state index in [4.69, 9.17) is 14.6 Å². The number of nitrogens with zero attached hydrogens (tertiary/aromatic N) is 1. The molecule has 1 N–H and O–H groups in total. The smallest absolute Gasteiger partial charge is 0.233 e. The van der Waals surface area contributed by atoms with Crippen LogP contribution in [0.25, 0.3) is 0 Å². The van der Waals surface area contributed by atoms with Crippen LogP contribution in [0.2, 0.25) is 0 Å². The Labute approximate surface area is 129 Å². The third-order valence-corrected chi connectivity index (χ3v) is 4.45. The zero-order valence-corrected chi connectivity index (χ0v) is 13.1. The topological polar surface area (TPSA) is 59.0 Å². The molecule has 1 saturated heterocycles. The molecule has 1 aliphatic rings. The van der Waals surface area contributed by atoms with Gasteiger partial charge in [0.2, 0.25) is 5.91 Å². The van der Waals surface area contributed by atoms with Gasteiger partial charge in [-0.15, -0.1) is 11.8 Å². The van der Waals surface area contributed by atoms with Crippen molar-refractivity contribution in [1.82, 2.24) is 4.90 Å². The Bertz CT molecular complexity index is 465. The number of thioether (sulfide) groups is 1. The molecule has 0 saturated carbocycles. The van der Waals surface area contributed by atoms with Gasteiger partial charge in [-0.2, -0.15) is 0 Å². The number of carbonyl (C=O) groups is 1. The van der Waals surface area contributed by atoms with E-state index in [1.165, 1.54) is 11.8 Å². The maximum absolute atomic E-state index is 12.3. The summed E-state index contributed by atoms with van der Waals surface area (Å²) in [5, 5.41) is 9.15. The second-order valence-electron chi connectivity index (χ2n) is 5.00. The highest BCUT2D eigenvalue weighted by Gasteiger charge is 2.28. The Morgan fingerprint density at radius 2 is 2.19 bits per heavy atom. The Hall–Kier alpha value is -1.24. The van der Waals surface area contributed by atoms with Crippen molar-refractivity contribution in [2.45, 2.75) is 24.0 Å². The zero-order valence-electron chi connectivity index (χ0n) is 12.3. The third kappa shape index (κ3) is 4.36. The lowest BCUT2D eigenvalue weighted by Gasteiger charge is -2.37. The molecule has 2 rings (SSSR count). The number of methoxy groups -OCH3 is 1.